The molecule has 304 valence electrons. The Balaban J connectivity index is 1.20. The first-order valence-electron chi connectivity index (χ1n) is 19.0. The molecule has 3 N–H and O–H groups in total. The summed E-state index contributed by atoms with van der Waals surface area (Å²) < 4.78 is 50.5. The third kappa shape index (κ3) is 9.66. The number of carbonyl (C=O) groups excluding carboxylic acids is 4. The van der Waals surface area contributed by atoms with Crippen LogP contribution in [0.3, 0.4) is 0 Å². The predicted octanol–water partition coefficient (Wildman–Crippen LogP) is 6.28. The Kier molecular flexibility index (Phi) is 12.7. The first-order chi connectivity index (χ1) is 27.1. The van der Waals surface area contributed by atoms with E-state index in [1.807, 2.05) is 19.9 Å². The van der Waals surface area contributed by atoms with E-state index in [0.717, 1.165) is 28.6 Å². The minimum absolute atomic E-state index is 0.0748. The van der Waals surface area contributed by atoms with Crippen LogP contribution in [-0.4, -0.2) is 90.9 Å². The van der Waals surface area contributed by atoms with Crippen LogP contribution < -0.4 is 20.1 Å². The number of aromatic nitrogens is 1. The number of ether oxygens (including phenoxy) is 2. The molecule has 1 aromatic heterocycles. The Labute approximate surface area is 334 Å². The van der Waals surface area contributed by atoms with Crippen LogP contribution >= 0.6 is 11.6 Å². The molecule has 3 aromatic carbocycles. The molecule has 2 saturated heterocycles. The largest absolute Gasteiger partial charge is 0.493 e. The van der Waals surface area contributed by atoms with E-state index in [1.165, 1.54) is 26.3 Å². The fourth-order valence-corrected chi connectivity index (χ4v) is 8.10. The number of benzene rings is 3. The van der Waals surface area contributed by atoms with Gasteiger partial charge in [0.2, 0.25) is 17.7 Å². The van der Waals surface area contributed by atoms with Gasteiger partial charge in [-0.3, -0.25) is 19.2 Å². The van der Waals surface area contributed by atoms with E-state index < -0.39 is 35.5 Å². The number of likely N-dealkylation sites (N-methyl/N-ethyl adjacent to an activating group) is 1. The molecule has 2 fully saturated rings. The van der Waals surface area contributed by atoms with Crippen LogP contribution in [0.25, 0.3) is 10.9 Å². The number of aryl methyl sites for hydroxylation is 1. The van der Waals surface area contributed by atoms with Crippen LogP contribution in [0.4, 0.5) is 13.2 Å². The van der Waals surface area contributed by atoms with Crippen molar-refractivity contribution in [3.63, 3.8) is 0 Å². The zero-order valence-electron chi connectivity index (χ0n) is 32.3. The summed E-state index contributed by atoms with van der Waals surface area (Å²) in [7, 11) is 2.96. The van der Waals surface area contributed by atoms with Crippen LogP contribution in [-0.2, 0) is 33.4 Å². The maximum absolute atomic E-state index is 14.3. The molecule has 0 radical (unpaired) electrons. The number of aromatic amines is 1. The molecule has 2 aliphatic heterocycles. The summed E-state index contributed by atoms with van der Waals surface area (Å²) in [6.45, 7) is 4.77. The highest BCUT2D eigenvalue weighted by Gasteiger charge is 2.48. The van der Waals surface area contributed by atoms with Crippen molar-refractivity contribution in [2.75, 3.05) is 40.3 Å². The van der Waals surface area contributed by atoms with Gasteiger partial charge in [-0.15, -0.1) is 0 Å². The summed E-state index contributed by atoms with van der Waals surface area (Å²) in [6.07, 6.45) is -1.67. The normalized spacial score (nSPS) is 18.6. The number of methoxy groups -OCH3 is 1. The van der Waals surface area contributed by atoms with E-state index in [2.05, 4.69) is 15.6 Å². The number of hydrogen-bond acceptors (Lipinski definition) is 6. The monoisotopic (exact) mass is 809 g/mol. The van der Waals surface area contributed by atoms with Gasteiger partial charge in [-0.1, -0.05) is 29.8 Å². The summed E-state index contributed by atoms with van der Waals surface area (Å²) in [4.78, 5) is 61.9. The number of nitrogens with one attached hydrogen (secondary N) is 3. The first kappa shape index (κ1) is 41.4. The van der Waals surface area contributed by atoms with E-state index in [-0.39, 0.29) is 55.7 Å². The van der Waals surface area contributed by atoms with Crippen molar-refractivity contribution < 1.29 is 41.8 Å². The van der Waals surface area contributed by atoms with Crippen molar-refractivity contribution in [1.82, 2.24) is 25.4 Å². The molecule has 0 bridgehead atoms. The van der Waals surface area contributed by atoms with Crippen LogP contribution in [0.15, 0.2) is 66.9 Å². The Morgan fingerprint density at radius 1 is 0.947 bits per heavy atom. The number of alkyl halides is 3. The minimum atomic E-state index is -4.44. The lowest BCUT2D eigenvalue weighted by atomic mass is 9.79. The number of piperidine rings is 1. The second-order valence-electron chi connectivity index (χ2n) is 15.0. The summed E-state index contributed by atoms with van der Waals surface area (Å²) in [5, 5.41) is 6.94. The number of nitrogens with zero attached hydrogens (tertiary/aromatic N) is 2. The van der Waals surface area contributed by atoms with Crippen LogP contribution in [0.1, 0.15) is 53.7 Å². The van der Waals surface area contributed by atoms with Crippen molar-refractivity contribution in [2.45, 2.75) is 57.9 Å². The van der Waals surface area contributed by atoms with Gasteiger partial charge in [0.15, 0.2) is 11.5 Å². The predicted molar refractivity (Wildman–Crippen MR) is 209 cm³/mol. The number of H-pyrrole nitrogens is 1. The summed E-state index contributed by atoms with van der Waals surface area (Å²) in [5.74, 6) is -1.63. The van der Waals surface area contributed by atoms with Gasteiger partial charge in [0.05, 0.1) is 31.1 Å². The van der Waals surface area contributed by atoms with Gasteiger partial charge >= 0.3 is 6.18 Å². The highest BCUT2D eigenvalue weighted by Crippen LogP contribution is 2.38. The molecule has 2 aliphatic rings. The Morgan fingerprint density at radius 3 is 2.37 bits per heavy atom. The molecular weight excluding hydrogens is 763 g/mol. The summed E-state index contributed by atoms with van der Waals surface area (Å²) in [5.41, 5.74) is 1.90. The molecule has 11 nitrogen and oxygen atoms in total. The maximum atomic E-state index is 14.3. The zero-order valence-corrected chi connectivity index (χ0v) is 33.0. The minimum Gasteiger partial charge on any atom is -0.493 e. The topological polar surface area (TPSA) is 133 Å². The number of likely N-dealkylation sites (tertiary alicyclic amines) is 2. The molecule has 4 amide bonds. The standard InChI is InChI=1S/C42H47ClF3N5O6/c1-24(2)57-36-15-10-26(16-37(36)56-4)41(55)51-21-28-20-50(38(52)17-27-19-48-35-18-30(43)13-14-31(27)35)23-33(32(28)22-51)39(53)49-34(40(54)47-3)7-5-6-25-8-11-29(12-9-25)42(44,45)46/h8-16,18-19,24,28,32-34,48H,5-7,17,20-23H2,1-4H3,(H,47,54)(H,49,53)/t28?,32?,33?,34-/m0/s1. The van der Waals surface area contributed by atoms with Crippen LogP contribution in [0.5, 0.6) is 11.5 Å². The molecule has 6 rings (SSSR count). The lowest BCUT2D eigenvalue weighted by molar-refractivity contribution is -0.140. The van der Waals surface area contributed by atoms with Gasteiger partial charge in [-0.2, -0.15) is 13.2 Å². The Hall–Kier alpha value is -5.24. The van der Waals surface area contributed by atoms with Crippen molar-refractivity contribution in [2.24, 2.45) is 17.8 Å². The number of amides is 4. The van der Waals surface area contributed by atoms with Gasteiger partial charge in [-0.05, 0) is 98.5 Å². The number of fused-ring (bicyclic) bond motifs is 2. The van der Waals surface area contributed by atoms with E-state index in [1.54, 1.807) is 46.3 Å². The maximum Gasteiger partial charge on any atom is 0.416 e. The average molecular weight is 810 g/mol. The molecule has 0 aliphatic carbocycles. The smallest absolute Gasteiger partial charge is 0.416 e. The fraction of sp³-hybridized carbons (Fsp3) is 0.429. The molecule has 0 saturated carbocycles. The first-order valence-corrected chi connectivity index (χ1v) is 19.4. The highest BCUT2D eigenvalue weighted by atomic mass is 35.5. The molecule has 4 aromatic rings. The van der Waals surface area contributed by atoms with Gasteiger partial charge < -0.3 is 34.9 Å². The quantitative estimate of drug-likeness (QED) is 0.146. The van der Waals surface area contributed by atoms with Crippen molar-refractivity contribution in [3.8, 4) is 11.5 Å². The van der Waals surface area contributed by atoms with Gasteiger partial charge in [0.25, 0.3) is 5.91 Å². The number of hydrogen-bond donors (Lipinski definition) is 3. The number of rotatable bonds is 13. The van der Waals surface area contributed by atoms with Gasteiger partial charge in [0.1, 0.15) is 6.04 Å². The molecule has 57 heavy (non-hydrogen) atoms. The second-order valence-corrected chi connectivity index (χ2v) is 15.5. The lowest BCUT2D eigenvalue weighted by Gasteiger charge is -2.40. The third-order valence-corrected chi connectivity index (χ3v) is 11.1. The van der Waals surface area contributed by atoms with E-state index in [0.29, 0.717) is 53.6 Å². The lowest BCUT2D eigenvalue weighted by Crippen LogP contribution is -2.56. The van der Waals surface area contributed by atoms with E-state index in [4.69, 9.17) is 21.1 Å². The number of carbonyl (C=O) groups is 4. The zero-order chi connectivity index (χ0) is 41.0. The summed E-state index contributed by atoms with van der Waals surface area (Å²) in [6, 6.07) is 14.3. The SMILES string of the molecule is CNC(=O)[C@H](CCCc1ccc(C(F)(F)F)cc1)NC(=O)C1CN(C(=O)Cc2c[nH]c3cc(Cl)ccc23)CC2CN(C(=O)c3ccc(OC(C)C)c(OC)c3)CC21. The Morgan fingerprint density at radius 2 is 1.68 bits per heavy atom. The third-order valence-electron chi connectivity index (χ3n) is 10.8. The van der Waals surface area contributed by atoms with Crippen molar-refractivity contribution >= 4 is 46.1 Å². The number of halogens is 4. The molecule has 3 heterocycles. The van der Waals surface area contributed by atoms with E-state index in [9.17, 15) is 32.3 Å². The van der Waals surface area contributed by atoms with Crippen molar-refractivity contribution in [3.05, 3.63) is 94.1 Å². The van der Waals surface area contributed by atoms with Gasteiger partial charge in [-0.25, -0.2) is 0 Å². The Bertz CT molecular complexity index is 2110. The van der Waals surface area contributed by atoms with Crippen LogP contribution in [0, 0.1) is 17.8 Å². The van der Waals surface area contributed by atoms with E-state index >= 15 is 0 Å². The molecular formula is C42H47ClF3N5O6. The molecule has 15 heteroatoms. The molecule has 3 unspecified atom stereocenters. The van der Waals surface area contributed by atoms with Crippen molar-refractivity contribution in [1.29, 1.82) is 0 Å². The fourth-order valence-electron chi connectivity index (χ4n) is 7.93. The van der Waals surface area contributed by atoms with Gasteiger partial charge in [0, 0.05) is 60.9 Å². The molecule has 4 atom stereocenters. The van der Waals surface area contributed by atoms with Crippen LogP contribution in [0.2, 0.25) is 5.02 Å². The molecule has 0 spiro atoms. The highest BCUT2D eigenvalue weighted by molar-refractivity contribution is 6.31. The second kappa shape index (κ2) is 17.5. The summed E-state index contributed by atoms with van der Waals surface area (Å²) >= 11 is 6.17. The average Bonchev–Trinajstić information content (AvgIpc) is 3.80.